The number of rotatable bonds is 11. The molecule has 1 amide bonds. The monoisotopic (exact) mass is 498 g/mol. The largest absolute Gasteiger partial charge is 0.497 e. The summed E-state index contributed by atoms with van der Waals surface area (Å²) in [4.78, 5) is 13.1. The number of nitrogens with one attached hydrogen (secondary N) is 2. The highest BCUT2D eigenvalue weighted by Crippen LogP contribution is 2.22. The number of ether oxygens (including phenoxy) is 1. The molecule has 0 heterocycles. The molecule has 0 aliphatic carbocycles. The third-order valence-corrected chi connectivity index (χ3v) is 7.60. The predicted octanol–water partition coefficient (Wildman–Crippen LogP) is 4.64. The van der Waals surface area contributed by atoms with E-state index >= 15 is 0 Å². The number of methoxy groups -OCH3 is 1. The zero-order chi connectivity index (χ0) is 24.6. The summed E-state index contributed by atoms with van der Waals surface area (Å²) in [6.07, 6.45) is 2.30. The number of sulfonamides is 1. The number of benzene rings is 3. The topological polar surface area (TPSA) is 84.5 Å². The summed E-state index contributed by atoms with van der Waals surface area (Å²) >= 11 is 1.56. The van der Waals surface area contributed by atoms with E-state index < -0.39 is 16.1 Å². The van der Waals surface area contributed by atoms with E-state index in [0.717, 1.165) is 16.7 Å². The molecular weight excluding hydrogens is 468 g/mol. The third-order valence-electron chi connectivity index (χ3n) is 5.47. The maximum absolute atomic E-state index is 13.1. The zero-order valence-corrected chi connectivity index (χ0v) is 21.2. The van der Waals surface area contributed by atoms with Crippen LogP contribution in [0.15, 0.2) is 83.8 Å². The van der Waals surface area contributed by atoms with Crippen LogP contribution in [0.2, 0.25) is 0 Å². The first-order chi connectivity index (χ1) is 16.3. The number of hydrogen-bond acceptors (Lipinski definition) is 5. The highest BCUT2D eigenvalue weighted by atomic mass is 32.2. The molecule has 0 aliphatic rings. The van der Waals surface area contributed by atoms with Crippen LogP contribution in [0.3, 0.4) is 0 Å². The van der Waals surface area contributed by atoms with Gasteiger partial charge in [-0.3, -0.25) is 4.79 Å². The number of carbonyl (C=O) groups excluding carboxylic acids is 1. The van der Waals surface area contributed by atoms with E-state index in [0.29, 0.717) is 17.9 Å². The molecule has 0 spiro atoms. The maximum Gasteiger partial charge on any atom is 0.241 e. The van der Waals surface area contributed by atoms with Crippen molar-refractivity contribution in [2.45, 2.75) is 30.3 Å². The van der Waals surface area contributed by atoms with Gasteiger partial charge in [0, 0.05) is 0 Å². The van der Waals surface area contributed by atoms with Crippen molar-refractivity contribution >= 4 is 27.7 Å². The Hall–Kier alpha value is -2.81. The van der Waals surface area contributed by atoms with Crippen LogP contribution in [0.4, 0.5) is 0 Å². The van der Waals surface area contributed by atoms with Gasteiger partial charge in [0.25, 0.3) is 0 Å². The summed E-state index contributed by atoms with van der Waals surface area (Å²) in [5.74, 6) is 0.845. The minimum absolute atomic E-state index is 0.0831. The third kappa shape index (κ3) is 6.85. The van der Waals surface area contributed by atoms with Crippen LogP contribution < -0.4 is 14.8 Å². The second-order valence-corrected chi connectivity index (χ2v) is 10.5. The molecule has 0 fully saturated rings. The molecule has 3 aromatic carbocycles. The number of amides is 1. The lowest BCUT2D eigenvalue weighted by Gasteiger charge is -2.22. The fourth-order valence-electron chi connectivity index (χ4n) is 3.48. The Labute approximate surface area is 206 Å². The van der Waals surface area contributed by atoms with Crippen molar-refractivity contribution in [3.05, 3.63) is 84.4 Å². The molecule has 3 rings (SSSR count). The van der Waals surface area contributed by atoms with Crippen molar-refractivity contribution in [2.24, 2.45) is 0 Å². The highest BCUT2D eigenvalue weighted by molar-refractivity contribution is 7.98. The molecule has 0 saturated carbocycles. The average Bonchev–Trinajstić information content (AvgIpc) is 2.87. The molecule has 0 radical (unpaired) electrons. The summed E-state index contributed by atoms with van der Waals surface area (Å²) in [5, 5.41) is 2.96. The second-order valence-electron chi connectivity index (χ2n) is 7.85. The SMILES string of the molecule is COc1ccc(S(=O)(=O)NC(CCSC)C(=O)NC(C)c2ccc(-c3ccccc3)cc2)cc1. The average molecular weight is 499 g/mol. The van der Waals surface area contributed by atoms with Crippen LogP contribution in [0.1, 0.15) is 24.9 Å². The Bertz CT molecular complexity index is 1170. The van der Waals surface area contributed by atoms with E-state index in [1.165, 1.54) is 19.2 Å². The molecule has 8 heteroatoms. The van der Waals surface area contributed by atoms with Crippen molar-refractivity contribution in [3.63, 3.8) is 0 Å². The van der Waals surface area contributed by atoms with Crippen molar-refractivity contribution in [3.8, 4) is 16.9 Å². The maximum atomic E-state index is 13.1. The molecule has 0 aromatic heterocycles. The number of carbonyl (C=O) groups is 1. The zero-order valence-electron chi connectivity index (χ0n) is 19.5. The fraction of sp³-hybridized carbons (Fsp3) is 0.269. The quantitative estimate of drug-likeness (QED) is 0.402. The van der Waals surface area contributed by atoms with Gasteiger partial charge < -0.3 is 10.1 Å². The van der Waals surface area contributed by atoms with E-state index in [4.69, 9.17) is 4.74 Å². The Balaban J connectivity index is 1.70. The summed E-state index contributed by atoms with van der Waals surface area (Å²) in [6, 6.07) is 23.0. The molecule has 2 N–H and O–H groups in total. The Morgan fingerprint density at radius 3 is 2.15 bits per heavy atom. The summed E-state index contributed by atoms with van der Waals surface area (Å²) < 4.78 is 33.5. The van der Waals surface area contributed by atoms with Crippen LogP contribution in [-0.2, 0) is 14.8 Å². The van der Waals surface area contributed by atoms with Gasteiger partial charge in [-0.15, -0.1) is 0 Å². The summed E-state index contributed by atoms with van der Waals surface area (Å²) in [5.41, 5.74) is 3.15. The standard InChI is InChI=1S/C26H30N2O4S2/c1-19(20-9-11-22(12-10-20)21-7-5-4-6-8-21)27-26(29)25(17-18-33-3)28-34(30,31)24-15-13-23(32-2)14-16-24/h4-16,19,25,28H,17-18H2,1-3H3,(H,27,29). The van der Waals surface area contributed by atoms with Gasteiger partial charge >= 0.3 is 0 Å². The van der Waals surface area contributed by atoms with Crippen molar-refractivity contribution in [1.29, 1.82) is 0 Å². The first-order valence-electron chi connectivity index (χ1n) is 10.9. The molecule has 180 valence electrons. The van der Waals surface area contributed by atoms with Gasteiger partial charge in [-0.05, 0) is 66.3 Å². The van der Waals surface area contributed by atoms with E-state index in [2.05, 4.69) is 10.0 Å². The van der Waals surface area contributed by atoms with Gasteiger partial charge in [0.2, 0.25) is 15.9 Å². The second kappa shape index (κ2) is 12.1. The van der Waals surface area contributed by atoms with Crippen LogP contribution in [0.25, 0.3) is 11.1 Å². The summed E-state index contributed by atoms with van der Waals surface area (Å²) in [7, 11) is -2.36. The van der Waals surface area contributed by atoms with Gasteiger partial charge in [0.1, 0.15) is 11.8 Å². The molecule has 2 unspecified atom stereocenters. The van der Waals surface area contributed by atoms with Gasteiger partial charge in [-0.1, -0.05) is 54.6 Å². The molecule has 0 bridgehead atoms. The van der Waals surface area contributed by atoms with Gasteiger partial charge in [-0.25, -0.2) is 8.42 Å². The minimum Gasteiger partial charge on any atom is -0.497 e. The normalized spacial score (nSPS) is 13.1. The van der Waals surface area contributed by atoms with E-state index in [-0.39, 0.29) is 16.8 Å². The Morgan fingerprint density at radius 2 is 1.56 bits per heavy atom. The number of hydrogen-bond donors (Lipinski definition) is 2. The first kappa shape index (κ1) is 25.8. The lowest BCUT2D eigenvalue weighted by molar-refractivity contribution is -0.123. The van der Waals surface area contributed by atoms with Gasteiger partial charge in [-0.2, -0.15) is 16.5 Å². The van der Waals surface area contributed by atoms with Crippen LogP contribution in [-0.4, -0.2) is 39.5 Å². The lowest BCUT2D eigenvalue weighted by Crippen LogP contribution is -2.47. The van der Waals surface area contributed by atoms with Gasteiger partial charge in [0.15, 0.2) is 0 Å². The fourth-order valence-corrected chi connectivity index (χ4v) is 5.18. The van der Waals surface area contributed by atoms with Crippen molar-refractivity contribution in [2.75, 3.05) is 19.1 Å². The lowest BCUT2D eigenvalue weighted by atomic mass is 10.0. The molecule has 3 aromatic rings. The smallest absolute Gasteiger partial charge is 0.241 e. The van der Waals surface area contributed by atoms with Crippen LogP contribution in [0, 0.1) is 0 Å². The molecule has 6 nitrogen and oxygen atoms in total. The van der Waals surface area contributed by atoms with Gasteiger partial charge in [0.05, 0.1) is 18.0 Å². The van der Waals surface area contributed by atoms with Crippen LogP contribution >= 0.6 is 11.8 Å². The predicted molar refractivity (Wildman–Crippen MR) is 139 cm³/mol. The van der Waals surface area contributed by atoms with E-state index in [1.807, 2.05) is 67.8 Å². The first-order valence-corrected chi connectivity index (χ1v) is 13.8. The van der Waals surface area contributed by atoms with E-state index in [1.54, 1.807) is 23.9 Å². The van der Waals surface area contributed by atoms with E-state index in [9.17, 15) is 13.2 Å². The van der Waals surface area contributed by atoms with Crippen molar-refractivity contribution < 1.29 is 17.9 Å². The van der Waals surface area contributed by atoms with Crippen LogP contribution in [0.5, 0.6) is 5.75 Å². The molecule has 0 saturated heterocycles. The number of thioether (sulfide) groups is 1. The minimum atomic E-state index is -3.87. The Morgan fingerprint density at radius 1 is 0.941 bits per heavy atom. The molecule has 2 atom stereocenters. The molecule has 34 heavy (non-hydrogen) atoms. The highest BCUT2D eigenvalue weighted by Gasteiger charge is 2.26. The Kier molecular flexibility index (Phi) is 9.15. The molecular formula is C26H30N2O4S2. The summed E-state index contributed by atoms with van der Waals surface area (Å²) in [6.45, 7) is 1.89. The molecule has 0 aliphatic heterocycles. The van der Waals surface area contributed by atoms with Crippen molar-refractivity contribution in [1.82, 2.24) is 10.0 Å².